The molecule has 0 atom stereocenters. The van der Waals surface area contributed by atoms with Crippen LogP contribution in [0.1, 0.15) is 0 Å². The Kier molecular flexibility index (Phi) is 1.92. The Morgan fingerprint density at radius 2 is 1.77 bits per heavy atom. The van der Waals surface area contributed by atoms with E-state index in [1.165, 1.54) is 0 Å². The van der Waals surface area contributed by atoms with Crippen molar-refractivity contribution in [1.82, 2.24) is 9.97 Å². The first kappa shape index (κ1) is 7.73. The zero-order valence-corrected chi connectivity index (χ0v) is 6.88. The molecular formula is C10H8N2O. The lowest BCUT2D eigenvalue weighted by atomic mass is 10.2. The quantitative estimate of drug-likeness (QED) is 0.714. The summed E-state index contributed by atoms with van der Waals surface area (Å²) >= 11 is 0. The molecule has 0 aromatic carbocycles. The maximum atomic E-state index is 9.46. The van der Waals surface area contributed by atoms with Crippen molar-refractivity contribution in [3.63, 3.8) is 0 Å². The van der Waals surface area contributed by atoms with Gasteiger partial charge in [-0.05, 0) is 24.3 Å². The van der Waals surface area contributed by atoms with E-state index in [1.807, 2.05) is 18.2 Å². The van der Waals surface area contributed by atoms with Gasteiger partial charge in [-0.1, -0.05) is 6.07 Å². The van der Waals surface area contributed by atoms with Crippen LogP contribution in [0, 0.1) is 0 Å². The van der Waals surface area contributed by atoms with E-state index < -0.39 is 0 Å². The first-order valence-electron chi connectivity index (χ1n) is 3.93. The fourth-order valence-corrected chi connectivity index (χ4v) is 1.10. The topological polar surface area (TPSA) is 46.0 Å². The van der Waals surface area contributed by atoms with Crippen molar-refractivity contribution in [2.75, 3.05) is 0 Å². The first-order chi connectivity index (χ1) is 6.38. The molecule has 64 valence electrons. The Bertz CT molecular complexity index is 401. The smallest absolute Gasteiger partial charge is 0.143 e. The molecule has 3 heteroatoms. The van der Waals surface area contributed by atoms with E-state index in [0.717, 1.165) is 0 Å². The fraction of sp³-hybridized carbons (Fsp3) is 0. The molecule has 2 aromatic heterocycles. The van der Waals surface area contributed by atoms with E-state index in [-0.39, 0.29) is 5.75 Å². The Balaban J connectivity index is 2.54. The van der Waals surface area contributed by atoms with Gasteiger partial charge >= 0.3 is 0 Å². The van der Waals surface area contributed by atoms with Gasteiger partial charge in [0, 0.05) is 12.4 Å². The zero-order chi connectivity index (χ0) is 9.10. The lowest BCUT2D eigenvalue weighted by Crippen LogP contribution is -1.85. The predicted octanol–water partition coefficient (Wildman–Crippen LogP) is 1.85. The number of rotatable bonds is 1. The summed E-state index contributed by atoms with van der Waals surface area (Å²) < 4.78 is 0. The van der Waals surface area contributed by atoms with E-state index >= 15 is 0 Å². The minimum Gasteiger partial charge on any atom is -0.506 e. The number of hydrogen-bond acceptors (Lipinski definition) is 3. The number of aromatic hydroxyl groups is 1. The largest absolute Gasteiger partial charge is 0.506 e. The average molecular weight is 172 g/mol. The van der Waals surface area contributed by atoms with Crippen LogP contribution in [0.25, 0.3) is 11.4 Å². The minimum atomic E-state index is 0.154. The standard InChI is InChI=1S/C10H8N2O/c13-9-5-3-7-12-10(9)8-4-1-2-6-11-8/h1-7,13H. The van der Waals surface area contributed by atoms with Crippen molar-refractivity contribution in [3.8, 4) is 17.1 Å². The molecule has 0 aliphatic carbocycles. The molecule has 1 N–H and O–H groups in total. The van der Waals surface area contributed by atoms with Gasteiger partial charge in [-0.15, -0.1) is 0 Å². The van der Waals surface area contributed by atoms with Gasteiger partial charge in [0.1, 0.15) is 11.4 Å². The van der Waals surface area contributed by atoms with Crippen LogP contribution in [-0.2, 0) is 0 Å². The van der Waals surface area contributed by atoms with Crippen molar-refractivity contribution in [2.45, 2.75) is 0 Å². The third-order valence-electron chi connectivity index (χ3n) is 1.69. The lowest BCUT2D eigenvalue weighted by Gasteiger charge is -2.00. The molecule has 0 fully saturated rings. The van der Waals surface area contributed by atoms with E-state index in [4.69, 9.17) is 0 Å². The van der Waals surface area contributed by atoms with Crippen molar-refractivity contribution < 1.29 is 5.11 Å². The van der Waals surface area contributed by atoms with E-state index in [2.05, 4.69) is 9.97 Å². The molecule has 0 spiro atoms. The Hall–Kier alpha value is -1.90. The van der Waals surface area contributed by atoms with E-state index in [0.29, 0.717) is 11.4 Å². The highest BCUT2D eigenvalue weighted by Crippen LogP contribution is 2.23. The van der Waals surface area contributed by atoms with Gasteiger partial charge in [0.15, 0.2) is 0 Å². The summed E-state index contributed by atoms with van der Waals surface area (Å²) in [6, 6.07) is 8.76. The van der Waals surface area contributed by atoms with Crippen molar-refractivity contribution in [1.29, 1.82) is 0 Å². The molecule has 0 aliphatic heterocycles. The van der Waals surface area contributed by atoms with Gasteiger partial charge in [0.25, 0.3) is 0 Å². The van der Waals surface area contributed by atoms with Crippen LogP contribution in [-0.4, -0.2) is 15.1 Å². The number of pyridine rings is 2. The molecule has 2 aromatic rings. The molecule has 13 heavy (non-hydrogen) atoms. The average Bonchev–Trinajstić information content (AvgIpc) is 2.20. The second-order valence-corrected chi connectivity index (χ2v) is 2.59. The lowest BCUT2D eigenvalue weighted by molar-refractivity contribution is 0.475. The van der Waals surface area contributed by atoms with Gasteiger partial charge in [-0.3, -0.25) is 9.97 Å². The van der Waals surface area contributed by atoms with Crippen molar-refractivity contribution >= 4 is 0 Å². The summed E-state index contributed by atoms with van der Waals surface area (Å²) in [7, 11) is 0. The van der Waals surface area contributed by atoms with Gasteiger partial charge in [0.05, 0.1) is 5.69 Å². The second-order valence-electron chi connectivity index (χ2n) is 2.59. The third kappa shape index (κ3) is 1.49. The van der Waals surface area contributed by atoms with Gasteiger partial charge in [-0.2, -0.15) is 0 Å². The zero-order valence-electron chi connectivity index (χ0n) is 6.88. The highest BCUT2D eigenvalue weighted by molar-refractivity contribution is 5.61. The highest BCUT2D eigenvalue weighted by atomic mass is 16.3. The monoisotopic (exact) mass is 172 g/mol. The Morgan fingerprint density at radius 1 is 0.923 bits per heavy atom. The SMILES string of the molecule is Oc1cccnc1-c1ccccn1. The summed E-state index contributed by atoms with van der Waals surface area (Å²) in [5.41, 5.74) is 1.20. The van der Waals surface area contributed by atoms with Gasteiger partial charge < -0.3 is 5.11 Å². The molecule has 2 heterocycles. The molecule has 0 amide bonds. The highest BCUT2D eigenvalue weighted by Gasteiger charge is 2.03. The summed E-state index contributed by atoms with van der Waals surface area (Å²) in [6.45, 7) is 0. The summed E-state index contributed by atoms with van der Waals surface area (Å²) in [5, 5.41) is 9.46. The van der Waals surface area contributed by atoms with Gasteiger partial charge in [0.2, 0.25) is 0 Å². The van der Waals surface area contributed by atoms with Crippen LogP contribution in [0.4, 0.5) is 0 Å². The molecule has 3 nitrogen and oxygen atoms in total. The van der Waals surface area contributed by atoms with Gasteiger partial charge in [-0.25, -0.2) is 0 Å². The van der Waals surface area contributed by atoms with E-state index in [1.54, 1.807) is 24.5 Å². The molecule has 0 saturated carbocycles. The Morgan fingerprint density at radius 3 is 2.46 bits per heavy atom. The fourth-order valence-electron chi connectivity index (χ4n) is 1.10. The number of nitrogens with zero attached hydrogens (tertiary/aromatic N) is 2. The van der Waals surface area contributed by atoms with Crippen LogP contribution in [0.2, 0.25) is 0 Å². The molecule has 0 radical (unpaired) electrons. The van der Waals surface area contributed by atoms with Crippen molar-refractivity contribution in [3.05, 3.63) is 42.7 Å². The first-order valence-corrected chi connectivity index (χ1v) is 3.93. The maximum Gasteiger partial charge on any atom is 0.143 e. The minimum absolute atomic E-state index is 0.154. The maximum absolute atomic E-state index is 9.46. The molecule has 2 rings (SSSR count). The second kappa shape index (κ2) is 3.23. The van der Waals surface area contributed by atoms with Crippen LogP contribution in [0.3, 0.4) is 0 Å². The normalized spacial score (nSPS) is 9.85. The summed E-state index contributed by atoms with van der Waals surface area (Å²) in [5.74, 6) is 0.154. The molecule has 0 saturated heterocycles. The van der Waals surface area contributed by atoms with Crippen LogP contribution >= 0.6 is 0 Å². The molecule has 0 unspecified atom stereocenters. The summed E-state index contributed by atoms with van der Waals surface area (Å²) in [4.78, 5) is 8.12. The number of hydrogen-bond donors (Lipinski definition) is 1. The van der Waals surface area contributed by atoms with E-state index in [9.17, 15) is 5.11 Å². The van der Waals surface area contributed by atoms with Crippen LogP contribution in [0.5, 0.6) is 5.75 Å². The molecular weight excluding hydrogens is 164 g/mol. The van der Waals surface area contributed by atoms with Crippen LogP contribution in [0.15, 0.2) is 42.7 Å². The number of aromatic nitrogens is 2. The summed E-state index contributed by atoms with van der Waals surface area (Å²) in [6.07, 6.45) is 3.30. The van der Waals surface area contributed by atoms with Crippen LogP contribution < -0.4 is 0 Å². The molecule has 0 bridgehead atoms. The predicted molar refractivity (Wildman–Crippen MR) is 49.1 cm³/mol. The Labute approximate surface area is 75.7 Å². The molecule has 0 aliphatic rings. The third-order valence-corrected chi connectivity index (χ3v) is 1.69. The van der Waals surface area contributed by atoms with Crippen molar-refractivity contribution in [2.24, 2.45) is 0 Å².